The minimum Gasteiger partial charge on any atom is -0.375 e. The van der Waals surface area contributed by atoms with Crippen LogP contribution in [-0.4, -0.2) is 29.0 Å². The molecule has 2 unspecified atom stereocenters. The van der Waals surface area contributed by atoms with E-state index in [-0.39, 0.29) is 5.60 Å². The lowest BCUT2D eigenvalue weighted by Gasteiger charge is -2.38. The summed E-state index contributed by atoms with van der Waals surface area (Å²) in [5, 5.41) is 0.316. The molecule has 0 N–H and O–H groups in total. The van der Waals surface area contributed by atoms with Crippen LogP contribution in [-0.2, 0) is 9.53 Å². The predicted octanol–water partition coefficient (Wildman–Crippen LogP) is 3.19. The fraction of sp³-hybridized carbons (Fsp3) is 0.929. The van der Waals surface area contributed by atoms with E-state index in [1.807, 2.05) is 11.8 Å². The molecule has 3 heteroatoms. The van der Waals surface area contributed by atoms with E-state index in [0.29, 0.717) is 17.0 Å². The van der Waals surface area contributed by atoms with Crippen molar-refractivity contribution >= 4 is 17.5 Å². The Morgan fingerprint density at radius 2 is 2.00 bits per heavy atom. The highest BCUT2D eigenvalue weighted by atomic mass is 32.2. The molecule has 3 fully saturated rings. The van der Waals surface area contributed by atoms with Crippen LogP contribution in [0.25, 0.3) is 0 Å². The number of hydrogen-bond acceptors (Lipinski definition) is 3. The minimum absolute atomic E-state index is 0.0991. The van der Waals surface area contributed by atoms with E-state index in [1.165, 1.54) is 37.9 Å². The van der Waals surface area contributed by atoms with Gasteiger partial charge >= 0.3 is 0 Å². The van der Waals surface area contributed by atoms with Gasteiger partial charge in [-0.1, -0.05) is 12.8 Å². The van der Waals surface area contributed by atoms with Crippen LogP contribution in [0.5, 0.6) is 0 Å². The van der Waals surface area contributed by atoms with E-state index >= 15 is 0 Å². The lowest BCUT2D eigenvalue weighted by molar-refractivity contribution is -0.135. The van der Waals surface area contributed by atoms with Gasteiger partial charge in [0.1, 0.15) is 5.78 Å². The molecule has 17 heavy (non-hydrogen) atoms. The third kappa shape index (κ3) is 2.41. The van der Waals surface area contributed by atoms with Gasteiger partial charge in [-0.15, -0.1) is 0 Å². The zero-order chi connectivity index (χ0) is 11.7. The van der Waals surface area contributed by atoms with Gasteiger partial charge in [0.2, 0.25) is 0 Å². The van der Waals surface area contributed by atoms with Crippen molar-refractivity contribution in [2.75, 3.05) is 12.4 Å². The number of carbonyl (C=O) groups is 1. The standard InChI is InChI=1S/C14H22O2S/c15-13(12-4-3-9-17-12)11-5-8-16-14(10-11)6-1-2-7-14/h11-12H,1-10H2. The highest BCUT2D eigenvalue weighted by Gasteiger charge is 2.43. The highest BCUT2D eigenvalue weighted by molar-refractivity contribution is 8.00. The number of carbonyl (C=O) groups excluding carboxylic acids is 1. The van der Waals surface area contributed by atoms with Gasteiger partial charge in [-0.25, -0.2) is 0 Å². The van der Waals surface area contributed by atoms with Crippen molar-refractivity contribution in [1.29, 1.82) is 0 Å². The molecule has 0 radical (unpaired) electrons. The molecule has 0 aromatic carbocycles. The molecule has 96 valence electrons. The first-order valence-electron chi connectivity index (χ1n) is 7.08. The van der Waals surface area contributed by atoms with Crippen LogP contribution in [0.4, 0.5) is 0 Å². The van der Waals surface area contributed by atoms with E-state index in [2.05, 4.69) is 0 Å². The molecule has 1 aliphatic carbocycles. The summed E-state index contributed by atoms with van der Waals surface area (Å²) in [5.74, 6) is 2.03. The number of hydrogen-bond donors (Lipinski definition) is 0. The highest BCUT2D eigenvalue weighted by Crippen LogP contribution is 2.43. The maximum absolute atomic E-state index is 12.5. The van der Waals surface area contributed by atoms with Crippen molar-refractivity contribution < 1.29 is 9.53 Å². The summed E-state index contributed by atoms with van der Waals surface area (Å²) in [6.45, 7) is 0.813. The second kappa shape index (κ2) is 4.93. The van der Waals surface area contributed by atoms with Crippen molar-refractivity contribution in [3.05, 3.63) is 0 Å². The zero-order valence-electron chi connectivity index (χ0n) is 10.5. The molecule has 1 spiro atoms. The fourth-order valence-corrected chi connectivity index (χ4v) is 5.01. The Morgan fingerprint density at radius 3 is 2.71 bits per heavy atom. The number of ketones is 1. The number of thioether (sulfide) groups is 1. The summed E-state index contributed by atoms with van der Waals surface area (Å²) in [6, 6.07) is 0. The first-order chi connectivity index (χ1) is 8.29. The van der Waals surface area contributed by atoms with Crippen molar-refractivity contribution in [2.24, 2.45) is 5.92 Å². The fourth-order valence-electron chi connectivity index (χ4n) is 3.70. The van der Waals surface area contributed by atoms with Gasteiger partial charge in [-0.3, -0.25) is 4.79 Å². The van der Waals surface area contributed by atoms with Crippen molar-refractivity contribution in [2.45, 2.75) is 62.2 Å². The van der Waals surface area contributed by atoms with Crippen LogP contribution in [0.15, 0.2) is 0 Å². The Hall–Kier alpha value is -0.0200. The normalized spacial score (nSPS) is 36.5. The Kier molecular flexibility index (Phi) is 3.49. The molecule has 0 aromatic rings. The van der Waals surface area contributed by atoms with Crippen LogP contribution in [0.2, 0.25) is 0 Å². The van der Waals surface area contributed by atoms with Gasteiger partial charge in [0.15, 0.2) is 0 Å². The summed E-state index contributed by atoms with van der Waals surface area (Å²) in [6.07, 6.45) is 9.30. The zero-order valence-corrected chi connectivity index (χ0v) is 11.3. The van der Waals surface area contributed by atoms with Gasteiger partial charge in [-0.2, -0.15) is 11.8 Å². The van der Waals surface area contributed by atoms with E-state index in [1.54, 1.807) is 0 Å². The Bertz CT molecular complexity index is 291. The van der Waals surface area contributed by atoms with E-state index in [0.717, 1.165) is 25.9 Å². The second-order valence-electron chi connectivity index (χ2n) is 5.83. The van der Waals surface area contributed by atoms with Crippen molar-refractivity contribution in [3.8, 4) is 0 Å². The maximum atomic E-state index is 12.5. The number of ether oxygens (including phenoxy) is 1. The van der Waals surface area contributed by atoms with E-state index in [9.17, 15) is 4.79 Å². The van der Waals surface area contributed by atoms with E-state index < -0.39 is 0 Å². The maximum Gasteiger partial charge on any atom is 0.149 e. The quantitative estimate of drug-likeness (QED) is 0.757. The topological polar surface area (TPSA) is 26.3 Å². The third-order valence-corrected chi connectivity index (χ3v) is 6.05. The molecule has 3 aliphatic rings. The average Bonchev–Trinajstić information content (AvgIpc) is 3.00. The summed E-state index contributed by atoms with van der Waals surface area (Å²) in [4.78, 5) is 12.5. The predicted molar refractivity (Wildman–Crippen MR) is 70.4 cm³/mol. The number of rotatable bonds is 2. The molecular formula is C14H22O2S. The molecule has 2 aliphatic heterocycles. The van der Waals surface area contributed by atoms with Crippen LogP contribution in [0.3, 0.4) is 0 Å². The minimum atomic E-state index is 0.0991. The largest absolute Gasteiger partial charge is 0.375 e. The molecule has 2 saturated heterocycles. The van der Waals surface area contributed by atoms with Crippen LogP contribution >= 0.6 is 11.8 Å². The average molecular weight is 254 g/mol. The number of Topliss-reactive ketones (excluding diaryl/α,β-unsaturated/α-hetero) is 1. The first-order valence-corrected chi connectivity index (χ1v) is 8.13. The Morgan fingerprint density at radius 1 is 1.18 bits per heavy atom. The molecule has 2 heterocycles. The summed E-state index contributed by atoms with van der Waals surface area (Å²) < 4.78 is 6.01. The third-order valence-electron chi connectivity index (χ3n) is 4.66. The molecule has 0 amide bonds. The lowest BCUT2D eigenvalue weighted by Crippen LogP contribution is -2.41. The molecule has 0 bridgehead atoms. The van der Waals surface area contributed by atoms with Crippen LogP contribution in [0, 0.1) is 5.92 Å². The van der Waals surface area contributed by atoms with Gasteiger partial charge in [0.25, 0.3) is 0 Å². The van der Waals surface area contributed by atoms with Gasteiger partial charge < -0.3 is 4.74 Å². The molecule has 2 nitrogen and oxygen atoms in total. The van der Waals surface area contributed by atoms with Crippen molar-refractivity contribution in [3.63, 3.8) is 0 Å². The Labute approximate surface area is 108 Å². The van der Waals surface area contributed by atoms with Gasteiger partial charge in [0, 0.05) is 12.5 Å². The van der Waals surface area contributed by atoms with Gasteiger partial charge in [-0.05, 0) is 44.3 Å². The van der Waals surface area contributed by atoms with Crippen LogP contribution < -0.4 is 0 Å². The lowest BCUT2D eigenvalue weighted by atomic mass is 9.81. The summed E-state index contributed by atoms with van der Waals surface area (Å²) in [5.41, 5.74) is 0.0991. The Balaban J connectivity index is 1.64. The van der Waals surface area contributed by atoms with Crippen LogP contribution in [0.1, 0.15) is 51.4 Å². The van der Waals surface area contributed by atoms with E-state index in [4.69, 9.17) is 4.74 Å². The molecule has 3 rings (SSSR count). The molecular weight excluding hydrogens is 232 g/mol. The second-order valence-corrected chi connectivity index (χ2v) is 7.14. The summed E-state index contributed by atoms with van der Waals surface area (Å²) >= 11 is 1.88. The first kappa shape index (κ1) is 12.0. The molecule has 0 aromatic heterocycles. The van der Waals surface area contributed by atoms with Gasteiger partial charge in [0.05, 0.1) is 10.9 Å². The summed E-state index contributed by atoms with van der Waals surface area (Å²) in [7, 11) is 0. The smallest absolute Gasteiger partial charge is 0.149 e. The monoisotopic (exact) mass is 254 g/mol. The van der Waals surface area contributed by atoms with Crippen molar-refractivity contribution in [1.82, 2.24) is 0 Å². The molecule has 2 atom stereocenters. The molecule has 1 saturated carbocycles. The SMILES string of the molecule is O=C(C1CCOC2(CCCC2)C1)C1CCCS1.